The predicted octanol–water partition coefficient (Wildman–Crippen LogP) is 3.58. The second-order valence-corrected chi connectivity index (χ2v) is 4.24. The number of nitro groups is 1. The highest BCUT2D eigenvalue weighted by Gasteiger charge is 2.15. The van der Waals surface area contributed by atoms with Crippen LogP contribution in [-0.4, -0.2) is 11.0 Å². The summed E-state index contributed by atoms with van der Waals surface area (Å²) < 4.78 is 13.4. The van der Waals surface area contributed by atoms with Gasteiger partial charge in [-0.1, -0.05) is 20.3 Å². The Morgan fingerprint density at radius 3 is 2.59 bits per heavy atom. The number of hydrogen-bond acceptors (Lipinski definition) is 3. The van der Waals surface area contributed by atoms with E-state index in [1.807, 2.05) is 6.92 Å². The van der Waals surface area contributed by atoms with Crippen molar-refractivity contribution in [3.63, 3.8) is 0 Å². The Labute approximate surface area is 100.0 Å². The van der Waals surface area contributed by atoms with Crippen molar-refractivity contribution in [2.24, 2.45) is 5.92 Å². The van der Waals surface area contributed by atoms with Crippen molar-refractivity contribution in [3.05, 3.63) is 34.1 Å². The summed E-state index contributed by atoms with van der Waals surface area (Å²) in [5.74, 6) is -0.357. The molecule has 0 aliphatic heterocycles. The average Bonchev–Trinajstić information content (AvgIpc) is 2.27. The van der Waals surface area contributed by atoms with Gasteiger partial charge in [-0.2, -0.15) is 4.39 Å². The lowest BCUT2D eigenvalue weighted by Crippen LogP contribution is -2.23. The zero-order valence-corrected chi connectivity index (χ0v) is 10.2. The van der Waals surface area contributed by atoms with Crippen LogP contribution >= 0.6 is 0 Å². The molecule has 2 unspecified atom stereocenters. The summed E-state index contributed by atoms with van der Waals surface area (Å²) in [5.41, 5.74) is 0.0765. The van der Waals surface area contributed by atoms with Crippen LogP contribution in [0.3, 0.4) is 0 Å². The van der Waals surface area contributed by atoms with Gasteiger partial charge in [0.05, 0.1) is 4.92 Å². The van der Waals surface area contributed by atoms with Gasteiger partial charge < -0.3 is 5.32 Å². The highest BCUT2D eigenvalue weighted by atomic mass is 19.1. The van der Waals surface area contributed by atoms with Crippen molar-refractivity contribution in [2.45, 2.75) is 33.2 Å². The van der Waals surface area contributed by atoms with Crippen LogP contribution in [-0.2, 0) is 0 Å². The van der Waals surface area contributed by atoms with Crippen LogP contribution in [0.4, 0.5) is 15.8 Å². The molecular weight excluding hydrogens is 223 g/mol. The monoisotopic (exact) mass is 240 g/mol. The summed E-state index contributed by atoms with van der Waals surface area (Å²) in [6.45, 7) is 6.19. The minimum absolute atomic E-state index is 0.195. The molecule has 94 valence electrons. The Kier molecular flexibility index (Phi) is 4.43. The van der Waals surface area contributed by atoms with Crippen molar-refractivity contribution in [3.8, 4) is 0 Å². The lowest BCUT2D eigenvalue weighted by molar-refractivity contribution is -0.387. The third-order valence-corrected chi connectivity index (χ3v) is 3.04. The van der Waals surface area contributed by atoms with Crippen LogP contribution in [0.1, 0.15) is 27.2 Å². The molecule has 0 spiro atoms. The number of nitrogens with one attached hydrogen (secondary N) is 1. The number of halogens is 1. The van der Waals surface area contributed by atoms with Gasteiger partial charge in [-0.25, -0.2) is 0 Å². The average molecular weight is 240 g/mol. The van der Waals surface area contributed by atoms with Crippen molar-refractivity contribution in [1.29, 1.82) is 0 Å². The highest BCUT2D eigenvalue weighted by Crippen LogP contribution is 2.22. The van der Waals surface area contributed by atoms with E-state index in [4.69, 9.17) is 0 Å². The zero-order valence-electron chi connectivity index (χ0n) is 10.2. The molecule has 0 bridgehead atoms. The van der Waals surface area contributed by atoms with E-state index >= 15 is 0 Å². The first kappa shape index (κ1) is 13.4. The molecule has 0 radical (unpaired) electrons. The molecule has 0 aromatic heterocycles. The minimum Gasteiger partial charge on any atom is -0.382 e. The summed E-state index contributed by atoms with van der Waals surface area (Å²) in [6, 6.07) is 4.07. The van der Waals surface area contributed by atoms with Crippen LogP contribution < -0.4 is 5.32 Å². The molecule has 0 saturated carbocycles. The molecule has 17 heavy (non-hydrogen) atoms. The number of hydrogen-bond donors (Lipinski definition) is 1. The quantitative estimate of drug-likeness (QED) is 0.632. The molecule has 0 amide bonds. The van der Waals surface area contributed by atoms with Crippen LogP contribution in [0.2, 0.25) is 0 Å². The summed E-state index contributed by atoms with van der Waals surface area (Å²) >= 11 is 0. The van der Waals surface area contributed by atoms with Crippen molar-refractivity contribution >= 4 is 11.4 Å². The first-order valence-corrected chi connectivity index (χ1v) is 5.66. The molecular formula is C12H17FN2O2. The summed E-state index contributed by atoms with van der Waals surface area (Å²) in [5, 5.41) is 13.6. The van der Waals surface area contributed by atoms with E-state index < -0.39 is 16.4 Å². The van der Waals surface area contributed by atoms with E-state index in [-0.39, 0.29) is 6.04 Å². The minimum atomic E-state index is -0.809. The van der Waals surface area contributed by atoms with Gasteiger partial charge in [0, 0.05) is 23.9 Å². The van der Waals surface area contributed by atoms with E-state index in [9.17, 15) is 14.5 Å². The van der Waals surface area contributed by atoms with E-state index in [1.165, 1.54) is 12.1 Å². The molecule has 0 fully saturated rings. The Bertz CT molecular complexity index is 409. The fourth-order valence-electron chi connectivity index (χ4n) is 1.50. The molecule has 1 N–H and O–H groups in total. The lowest BCUT2D eigenvalue weighted by Gasteiger charge is -2.21. The summed E-state index contributed by atoms with van der Waals surface area (Å²) in [4.78, 5) is 9.73. The molecule has 0 aliphatic carbocycles. The summed E-state index contributed by atoms with van der Waals surface area (Å²) in [7, 11) is 0. The van der Waals surface area contributed by atoms with Gasteiger partial charge in [0.2, 0.25) is 5.82 Å². The Hall–Kier alpha value is -1.65. The first-order chi connectivity index (χ1) is 7.95. The Morgan fingerprint density at radius 1 is 1.47 bits per heavy atom. The maximum absolute atomic E-state index is 13.4. The molecule has 0 saturated heterocycles. The SMILES string of the molecule is CCC(C)C(C)Nc1ccc([N+](=O)[O-])c(F)c1. The van der Waals surface area contributed by atoms with Crippen LogP contribution in [0, 0.1) is 21.8 Å². The standard InChI is InChI=1S/C12H17FN2O2/c1-4-8(2)9(3)14-10-5-6-12(15(16)17)11(13)7-10/h5-9,14H,4H2,1-3H3. The van der Waals surface area contributed by atoms with Gasteiger partial charge in [-0.3, -0.25) is 10.1 Å². The number of nitrogens with zero attached hydrogens (tertiary/aromatic N) is 1. The van der Waals surface area contributed by atoms with Gasteiger partial charge in [-0.05, 0) is 18.9 Å². The Morgan fingerprint density at radius 2 is 2.12 bits per heavy atom. The molecule has 1 aromatic carbocycles. The van der Waals surface area contributed by atoms with Crippen molar-refractivity contribution in [2.75, 3.05) is 5.32 Å². The van der Waals surface area contributed by atoms with E-state index in [0.29, 0.717) is 11.6 Å². The number of anilines is 1. The lowest BCUT2D eigenvalue weighted by atomic mass is 10.0. The van der Waals surface area contributed by atoms with Gasteiger partial charge >= 0.3 is 5.69 Å². The third kappa shape index (κ3) is 3.41. The van der Waals surface area contributed by atoms with Crippen LogP contribution in [0.5, 0.6) is 0 Å². The molecule has 4 nitrogen and oxygen atoms in total. The topological polar surface area (TPSA) is 55.2 Å². The molecule has 5 heteroatoms. The fraction of sp³-hybridized carbons (Fsp3) is 0.500. The van der Waals surface area contributed by atoms with Gasteiger partial charge in [0.15, 0.2) is 0 Å². The molecule has 2 atom stereocenters. The molecule has 0 heterocycles. The van der Waals surface area contributed by atoms with E-state index in [2.05, 4.69) is 19.2 Å². The fourth-order valence-corrected chi connectivity index (χ4v) is 1.50. The number of nitro benzene ring substituents is 1. The predicted molar refractivity (Wildman–Crippen MR) is 65.6 cm³/mol. The van der Waals surface area contributed by atoms with Crippen molar-refractivity contribution < 1.29 is 9.31 Å². The second kappa shape index (κ2) is 5.61. The molecule has 1 rings (SSSR count). The molecule has 1 aromatic rings. The highest BCUT2D eigenvalue weighted by molar-refractivity contribution is 5.50. The van der Waals surface area contributed by atoms with Crippen molar-refractivity contribution in [1.82, 2.24) is 0 Å². The van der Waals surface area contributed by atoms with E-state index in [1.54, 1.807) is 0 Å². The smallest absolute Gasteiger partial charge is 0.304 e. The Balaban J connectivity index is 2.81. The largest absolute Gasteiger partial charge is 0.382 e. The van der Waals surface area contributed by atoms with Gasteiger partial charge in [0.25, 0.3) is 0 Å². The number of benzene rings is 1. The normalized spacial score (nSPS) is 14.1. The van der Waals surface area contributed by atoms with Gasteiger partial charge in [0.1, 0.15) is 0 Å². The molecule has 0 aliphatic rings. The van der Waals surface area contributed by atoms with E-state index in [0.717, 1.165) is 12.5 Å². The van der Waals surface area contributed by atoms with Crippen LogP contribution in [0.15, 0.2) is 18.2 Å². The second-order valence-electron chi connectivity index (χ2n) is 4.24. The van der Waals surface area contributed by atoms with Gasteiger partial charge in [-0.15, -0.1) is 0 Å². The number of rotatable bonds is 5. The maximum Gasteiger partial charge on any atom is 0.304 e. The zero-order chi connectivity index (χ0) is 13.0. The first-order valence-electron chi connectivity index (χ1n) is 5.66. The van der Waals surface area contributed by atoms with Crippen LogP contribution in [0.25, 0.3) is 0 Å². The maximum atomic E-state index is 13.4. The third-order valence-electron chi connectivity index (χ3n) is 3.04. The summed E-state index contributed by atoms with van der Waals surface area (Å²) in [6.07, 6.45) is 1.02.